The van der Waals surface area contributed by atoms with Gasteiger partial charge in [0, 0.05) is 12.7 Å². The molecule has 1 aliphatic rings. The third-order valence-corrected chi connectivity index (χ3v) is 2.15. The molecular weight excluding hydrogens is 182 g/mol. The van der Waals surface area contributed by atoms with E-state index in [9.17, 15) is 4.79 Å². The van der Waals surface area contributed by atoms with Crippen molar-refractivity contribution >= 4 is 11.8 Å². The van der Waals surface area contributed by atoms with E-state index in [1.807, 2.05) is 0 Å². The van der Waals surface area contributed by atoms with E-state index in [0.717, 1.165) is 6.54 Å². The highest BCUT2D eigenvalue weighted by atomic mass is 16.4. The van der Waals surface area contributed by atoms with Gasteiger partial charge in [-0.15, -0.1) is 0 Å². The fourth-order valence-corrected chi connectivity index (χ4v) is 1.15. The molecule has 1 saturated carbocycles. The number of hydrogen-bond acceptors (Lipinski definition) is 4. The molecule has 1 aromatic rings. The van der Waals surface area contributed by atoms with Crippen LogP contribution in [-0.2, 0) is 0 Å². The van der Waals surface area contributed by atoms with E-state index in [4.69, 9.17) is 5.11 Å². The van der Waals surface area contributed by atoms with Gasteiger partial charge < -0.3 is 10.4 Å². The molecule has 2 N–H and O–H groups in total. The number of aromatic nitrogens is 2. The van der Waals surface area contributed by atoms with Gasteiger partial charge in [-0.3, -0.25) is 0 Å². The molecule has 1 aliphatic carbocycles. The summed E-state index contributed by atoms with van der Waals surface area (Å²) in [7, 11) is 0. The lowest BCUT2D eigenvalue weighted by atomic mass is 10.3. The minimum atomic E-state index is -1.02. The second kappa shape index (κ2) is 3.61. The molecule has 0 amide bonds. The van der Waals surface area contributed by atoms with Crippen molar-refractivity contribution < 1.29 is 9.90 Å². The van der Waals surface area contributed by atoms with Crippen LogP contribution in [0.3, 0.4) is 0 Å². The SMILES string of the molecule is O=C(O)c1cn[c]nc1NCC1CC1. The lowest BCUT2D eigenvalue weighted by Gasteiger charge is -2.05. The van der Waals surface area contributed by atoms with E-state index in [-0.39, 0.29) is 5.56 Å². The maximum absolute atomic E-state index is 10.7. The first-order valence-corrected chi connectivity index (χ1v) is 4.47. The Balaban J connectivity index is 2.09. The molecule has 2 rings (SSSR count). The third kappa shape index (κ3) is 1.99. The first kappa shape index (κ1) is 8.93. The van der Waals surface area contributed by atoms with E-state index in [2.05, 4.69) is 21.6 Å². The van der Waals surface area contributed by atoms with Gasteiger partial charge >= 0.3 is 5.97 Å². The van der Waals surface area contributed by atoms with Crippen molar-refractivity contribution in [3.8, 4) is 0 Å². The van der Waals surface area contributed by atoms with Crippen molar-refractivity contribution in [2.75, 3.05) is 11.9 Å². The monoisotopic (exact) mass is 192 g/mol. The maximum atomic E-state index is 10.7. The van der Waals surface area contributed by atoms with Gasteiger partial charge in [0.1, 0.15) is 11.4 Å². The molecule has 1 heterocycles. The number of carbonyl (C=O) groups is 1. The summed E-state index contributed by atoms with van der Waals surface area (Å²) in [5, 5.41) is 11.8. The number of anilines is 1. The molecule has 0 bridgehead atoms. The summed E-state index contributed by atoms with van der Waals surface area (Å²) in [5.41, 5.74) is 0.101. The van der Waals surface area contributed by atoms with E-state index in [0.29, 0.717) is 11.7 Å². The van der Waals surface area contributed by atoms with Gasteiger partial charge in [0.25, 0.3) is 0 Å². The molecule has 5 heteroatoms. The minimum absolute atomic E-state index is 0.101. The van der Waals surface area contributed by atoms with Crippen molar-refractivity contribution in [3.05, 3.63) is 18.1 Å². The van der Waals surface area contributed by atoms with E-state index < -0.39 is 5.97 Å². The fraction of sp³-hybridized carbons (Fsp3) is 0.444. The lowest BCUT2D eigenvalue weighted by Crippen LogP contribution is -2.11. The highest BCUT2D eigenvalue weighted by molar-refractivity contribution is 5.92. The molecule has 1 radical (unpaired) electrons. The summed E-state index contributed by atoms with van der Waals surface area (Å²) >= 11 is 0. The Morgan fingerprint density at radius 3 is 3.14 bits per heavy atom. The fourth-order valence-electron chi connectivity index (χ4n) is 1.15. The minimum Gasteiger partial charge on any atom is -0.477 e. The van der Waals surface area contributed by atoms with Crippen LogP contribution in [0.4, 0.5) is 5.82 Å². The molecule has 0 atom stereocenters. The van der Waals surface area contributed by atoms with Gasteiger partial charge in [0.05, 0.1) is 0 Å². The lowest BCUT2D eigenvalue weighted by molar-refractivity contribution is 0.0697. The van der Waals surface area contributed by atoms with Crippen LogP contribution >= 0.6 is 0 Å². The number of rotatable bonds is 4. The zero-order valence-corrected chi connectivity index (χ0v) is 7.53. The van der Waals surface area contributed by atoms with Crippen molar-refractivity contribution in [2.45, 2.75) is 12.8 Å². The molecule has 0 aromatic carbocycles. The molecular formula is C9H10N3O2. The second-order valence-electron chi connectivity index (χ2n) is 3.36. The van der Waals surface area contributed by atoms with Gasteiger partial charge in [0.2, 0.25) is 0 Å². The first-order valence-electron chi connectivity index (χ1n) is 4.47. The Hall–Kier alpha value is -1.65. The molecule has 0 unspecified atom stereocenters. The van der Waals surface area contributed by atoms with Crippen LogP contribution < -0.4 is 5.32 Å². The summed E-state index contributed by atoms with van der Waals surface area (Å²) < 4.78 is 0. The molecule has 14 heavy (non-hydrogen) atoms. The van der Waals surface area contributed by atoms with Crippen LogP contribution in [0, 0.1) is 12.2 Å². The van der Waals surface area contributed by atoms with Crippen molar-refractivity contribution in [3.63, 3.8) is 0 Å². The number of nitrogens with zero attached hydrogens (tertiary/aromatic N) is 2. The van der Waals surface area contributed by atoms with Crippen molar-refractivity contribution in [1.29, 1.82) is 0 Å². The van der Waals surface area contributed by atoms with E-state index >= 15 is 0 Å². The Bertz CT molecular complexity index is 350. The molecule has 0 aliphatic heterocycles. The van der Waals surface area contributed by atoms with Crippen molar-refractivity contribution in [2.24, 2.45) is 5.92 Å². The predicted octanol–water partition coefficient (Wildman–Crippen LogP) is 0.797. The second-order valence-corrected chi connectivity index (χ2v) is 3.36. The number of hydrogen-bond donors (Lipinski definition) is 2. The number of carboxylic acids is 1. The molecule has 73 valence electrons. The Morgan fingerprint density at radius 2 is 2.50 bits per heavy atom. The smallest absolute Gasteiger partial charge is 0.341 e. The zero-order valence-electron chi connectivity index (χ0n) is 7.53. The summed E-state index contributed by atoms with van der Waals surface area (Å²) in [4.78, 5) is 18.1. The summed E-state index contributed by atoms with van der Waals surface area (Å²) in [6.45, 7) is 0.783. The van der Waals surface area contributed by atoms with Crippen LogP contribution in [-0.4, -0.2) is 27.6 Å². The topological polar surface area (TPSA) is 75.1 Å². The summed E-state index contributed by atoms with van der Waals surface area (Å²) in [6.07, 6.45) is 6.05. The highest BCUT2D eigenvalue weighted by Crippen LogP contribution is 2.28. The average molecular weight is 192 g/mol. The largest absolute Gasteiger partial charge is 0.477 e. The quantitative estimate of drug-likeness (QED) is 0.737. The molecule has 0 saturated heterocycles. The van der Waals surface area contributed by atoms with Crippen LogP contribution in [0.1, 0.15) is 23.2 Å². The summed E-state index contributed by atoms with van der Waals surface area (Å²) in [6, 6.07) is 0. The van der Waals surface area contributed by atoms with Gasteiger partial charge in [-0.2, -0.15) is 0 Å². The summed E-state index contributed by atoms with van der Waals surface area (Å²) in [5.74, 6) is 0.0170. The van der Waals surface area contributed by atoms with Crippen LogP contribution in [0.15, 0.2) is 6.20 Å². The third-order valence-electron chi connectivity index (χ3n) is 2.15. The van der Waals surface area contributed by atoms with Crippen LogP contribution in [0.25, 0.3) is 0 Å². The van der Waals surface area contributed by atoms with Crippen molar-refractivity contribution in [1.82, 2.24) is 9.97 Å². The van der Waals surface area contributed by atoms with Crippen LogP contribution in [0.5, 0.6) is 0 Å². The number of aromatic carboxylic acids is 1. The van der Waals surface area contributed by atoms with Gasteiger partial charge in [-0.1, -0.05) is 0 Å². The van der Waals surface area contributed by atoms with E-state index in [1.54, 1.807) is 0 Å². The molecule has 5 nitrogen and oxygen atoms in total. The number of nitrogens with one attached hydrogen (secondary N) is 1. The first-order chi connectivity index (χ1) is 6.77. The number of carboxylic acid groups (broad SMARTS) is 1. The maximum Gasteiger partial charge on any atom is 0.341 e. The standard InChI is InChI=1S/C9H10N3O2/c13-9(14)7-4-10-5-12-8(7)11-3-6-1-2-6/h4,6H,1-3H2,(H,13,14)(H,10,11,12). The van der Waals surface area contributed by atoms with Gasteiger partial charge in [-0.05, 0) is 18.8 Å². The van der Waals surface area contributed by atoms with E-state index in [1.165, 1.54) is 19.0 Å². The van der Waals surface area contributed by atoms with Gasteiger partial charge in [0.15, 0.2) is 6.33 Å². The molecule has 1 aromatic heterocycles. The molecule has 1 fully saturated rings. The predicted molar refractivity (Wildman–Crippen MR) is 49.0 cm³/mol. The average Bonchev–Trinajstić information content (AvgIpc) is 2.98. The highest BCUT2D eigenvalue weighted by Gasteiger charge is 2.22. The molecule has 0 spiro atoms. The van der Waals surface area contributed by atoms with Gasteiger partial charge in [-0.25, -0.2) is 14.8 Å². The Kier molecular flexibility index (Phi) is 2.30. The zero-order chi connectivity index (χ0) is 9.97. The Morgan fingerprint density at radius 1 is 1.71 bits per heavy atom. The van der Waals surface area contributed by atoms with Crippen LogP contribution in [0.2, 0.25) is 0 Å². The normalized spacial score (nSPS) is 15.1. The Labute approximate surface area is 81.2 Å².